The van der Waals surface area contributed by atoms with Gasteiger partial charge in [0.15, 0.2) is 0 Å². The van der Waals surface area contributed by atoms with Crippen LogP contribution in [-0.2, 0) is 82.2 Å². The molecule has 0 aromatic heterocycles. The minimum Gasteiger partial charge on any atom is -0.665 e. The zero-order valence-corrected chi connectivity index (χ0v) is 54.8. The Balaban J connectivity index is -0.000000182. The number of rotatable bonds is 19. The van der Waals surface area contributed by atoms with Crippen LogP contribution in [0.3, 0.4) is 0 Å². The molecule has 0 aromatic carbocycles. The quantitative estimate of drug-likeness (QED) is 0.0955. The van der Waals surface area contributed by atoms with Crippen molar-refractivity contribution in [1.29, 1.82) is 0 Å². The predicted molar refractivity (Wildman–Crippen MR) is 274 cm³/mol. The molecule has 0 unspecified atom stereocenters. The molecule has 0 radical (unpaired) electrons. The van der Waals surface area contributed by atoms with Gasteiger partial charge in [0.2, 0.25) is 0 Å². The average molecular weight is 1480 g/mol. The van der Waals surface area contributed by atoms with Gasteiger partial charge >= 0.3 is 69.3 Å². The fourth-order valence-corrected chi connectivity index (χ4v) is 9.71. The second kappa shape index (κ2) is 46.8. The van der Waals surface area contributed by atoms with Gasteiger partial charge < -0.3 is 63.0 Å². The van der Waals surface area contributed by atoms with Crippen molar-refractivity contribution in [1.82, 2.24) is 9.80 Å². The Hall–Kier alpha value is 1.00. The first-order valence-corrected chi connectivity index (χ1v) is 26.0. The van der Waals surface area contributed by atoms with Gasteiger partial charge in [-0.1, -0.05) is 70.6 Å². The van der Waals surface area contributed by atoms with E-state index in [4.69, 9.17) is 19.1 Å². The molecule has 0 spiro atoms. The number of hydrogen-bond acceptors (Lipinski definition) is 8. The van der Waals surface area contributed by atoms with Crippen LogP contribution in [0.25, 0.3) is 16.0 Å². The number of ether oxygens (including phenoxy) is 1. The van der Waals surface area contributed by atoms with Crippen LogP contribution in [0.15, 0.2) is 0 Å². The molecule has 4 rings (SSSR count). The van der Waals surface area contributed by atoms with Crippen molar-refractivity contribution in [3.8, 4) is 0 Å². The molecule has 16 heteroatoms. The number of aliphatic hydroxyl groups excluding tert-OH is 2. The van der Waals surface area contributed by atoms with Gasteiger partial charge in [0.25, 0.3) is 10.1 Å². The van der Waals surface area contributed by atoms with E-state index in [9.17, 15) is 13.2 Å². The van der Waals surface area contributed by atoms with Gasteiger partial charge in [-0.05, 0) is 140 Å². The van der Waals surface area contributed by atoms with Crippen molar-refractivity contribution < 1.29 is 95.5 Å². The number of carbonyl (C=O) groups is 1. The van der Waals surface area contributed by atoms with Crippen molar-refractivity contribution in [2.24, 2.45) is 47.3 Å². The van der Waals surface area contributed by atoms with Crippen LogP contribution in [0.1, 0.15) is 149 Å². The van der Waals surface area contributed by atoms with E-state index in [0.717, 1.165) is 88.2 Å². The molecular formula is C51H105N5O7SW3. The maximum absolute atomic E-state index is 11.8. The summed E-state index contributed by atoms with van der Waals surface area (Å²) in [7, 11) is 8.57. The third-order valence-corrected chi connectivity index (χ3v) is 13.9. The van der Waals surface area contributed by atoms with Gasteiger partial charge in [0.1, 0.15) is 5.60 Å². The summed E-state index contributed by atoms with van der Waals surface area (Å²) in [5.74, 6) is 5.79. The van der Waals surface area contributed by atoms with Gasteiger partial charge in [-0.3, -0.25) is 4.18 Å². The second-order valence-corrected chi connectivity index (χ2v) is 22.0. The second-order valence-electron chi connectivity index (χ2n) is 20.3. The Kier molecular flexibility index (Phi) is 55.4. The molecule has 4 aliphatic carbocycles. The summed E-state index contributed by atoms with van der Waals surface area (Å²) in [5.41, 5.74) is -0.426. The van der Waals surface area contributed by atoms with E-state index < -0.39 is 15.7 Å². The van der Waals surface area contributed by atoms with Gasteiger partial charge in [-0.15, -0.1) is 19.6 Å². The average Bonchev–Trinajstić information content (AvgIpc) is 3.23. The standard InChI is InChI=1S/C15H29NO3.C12H25N2.C11H22NO3S.C10H20NO.3CH3.3W/c1-15(2,3)19-14(18)16(4)10-9-12-5-7-13(11-17)8-6-12;1-13-9-8-11-4-6-12(7-5-11)10-14(2)3;1-12-8-7-10-3-5-11(6-4-10)9-15-16(2,13)14;1-11-7-6-9-2-4-10(8-12)5-3-9;;;;;;/h12-13,17H,5-11H2,1-4H3;11-12H,4-10H2,1-3H3;10-11H,3-9H2,1-2H3;9-10,12H,2-8H2,1H3;3*1H3;;;/q;6*-1;3*+2. The monoisotopic (exact) mass is 1480 g/mol. The molecule has 0 aliphatic heterocycles. The minimum absolute atomic E-state index is 0. The van der Waals surface area contributed by atoms with Crippen molar-refractivity contribution in [2.45, 2.75) is 155 Å². The molecule has 4 saturated carbocycles. The first-order chi connectivity index (χ1) is 28.9. The Labute approximate surface area is 459 Å². The topological polar surface area (TPSA) is 159 Å². The van der Waals surface area contributed by atoms with E-state index in [1.807, 2.05) is 41.9 Å². The number of hydrogen-bond donors (Lipinski definition) is 2. The summed E-state index contributed by atoms with van der Waals surface area (Å²) in [5, 5.41) is 30.5. The Bertz CT molecular complexity index is 1180. The Morgan fingerprint density at radius 1 is 0.552 bits per heavy atom. The summed E-state index contributed by atoms with van der Waals surface area (Å²) in [6, 6.07) is 0. The first-order valence-electron chi connectivity index (χ1n) is 24.2. The maximum atomic E-state index is 11.8. The zero-order valence-electron chi connectivity index (χ0n) is 45.2. The van der Waals surface area contributed by atoms with Crippen LogP contribution in [0.5, 0.6) is 0 Å². The minimum atomic E-state index is -3.27. The summed E-state index contributed by atoms with van der Waals surface area (Å²) in [6.45, 7) is 11.8. The third kappa shape index (κ3) is 43.1. The van der Waals surface area contributed by atoms with Crippen LogP contribution in [0, 0.1) is 69.6 Å². The number of nitrogens with zero attached hydrogens (tertiary/aromatic N) is 5. The van der Waals surface area contributed by atoms with Gasteiger partial charge in [-0.2, -0.15) is 29.6 Å². The van der Waals surface area contributed by atoms with Gasteiger partial charge in [0, 0.05) is 33.4 Å². The smallest absolute Gasteiger partial charge is 0.665 e. The molecule has 400 valence electrons. The molecule has 0 aromatic rings. The number of amides is 1. The zero-order chi connectivity index (χ0) is 45.7. The fraction of sp³-hybridized carbons (Fsp3) is 0.922. The third-order valence-electron chi connectivity index (χ3n) is 13.4. The molecule has 0 bridgehead atoms. The largest absolute Gasteiger partial charge is 2.00 e. The number of carbonyl (C=O) groups excluding carboxylic acids is 1. The Morgan fingerprint density at radius 3 is 1.13 bits per heavy atom. The molecule has 2 N–H and O–H groups in total. The Morgan fingerprint density at radius 2 is 0.851 bits per heavy atom. The van der Waals surface area contributed by atoms with Crippen LogP contribution < -0.4 is 0 Å². The van der Waals surface area contributed by atoms with Crippen LogP contribution in [0.2, 0.25) is 0 Å². The SMILES string of the molecule is CN(CCC1CCC(CO)CC1)C(=O)OC(C)(C)C.C[N-]CCC1CCC(CN(C)C)CC1.C[N-]CCC1CCC(CO)CC1.C[N-]CCC1CCC(COS(C)(=O)=O)CC1.[CH3-].[CH3-].[CH3-].[W+2].[W+2].[W+2]. The predicted octanol–water partition coefficient (Wildman–Crippen LogP) is 11.5. The first kappa shape index (κ1) is 79.4. The molecule has 67 heavy (non-hydrogen) atoms. The molecule has 4 aliphatic rings. The fourth-order valence-electron chi connectivity index (χ4n) is 9.27. The van der Waals surface area contributed by atoms with Crippen molar-refractivity contribution in [3.05, 3.63) is 38.2 Å². The van der Waals surface area contributed by atoms with E-state index in [1.54, 1.807) is 11.9 Å². The van der Waals surface area contributed by atoms with E-state index in [1.165, 1.54) is 103 Å². The van der Waals surface area contributed by atoms with E-state index in [2.05, 4.69) is 34.9 Å². The van der Waals surface area contributed by atoms with Crippen LogP contribution in [0.4, 0.5) is 4.79 Å². The van der Waals surface area contributed by atoms with E-state index >= 15 is 0 Å². The van der Waals surface area contributed by atoms with Crippen molar-refractivity contribution in [3.63, 3.8) is 0 Å². The molecule has 0 heterocycles. The van der Waals surface area contributed by atoms with Crippen LogP contribution in [-0.4, -0.2) is 141 Å². The van der Waals surface area contributed by atoms with Gasteiger partial charge in [0.05, 0.1) is 12.9 Å². The van der Waals surface area contributed by atoms with E-state index in [0.29, 0.717) is 43.5 Å². The molecule has 0 saturated heterocycles. The number of aliphatic hydroxyl groups is 2. The molecule has 4 fully saturated rings. The van der Waals surface area contributed by atoms with Crippen molar-refractivity contribution in [2.75, 3.05) is 101 Å². The molecular weight excluding hydrogens is 1380 g/mol. The van der Waals surface area contributed by atoms with Crippen molar-refractivity contribution >= 4 is 16.2 Å². The summed E-state index contributed by atoms with van der Waals surface area (Å²) in [4.78, 5) is 15.8. The summed E-state index contributed by atoms with van der Waals surface area (Å²) < 4.78 is 31.9. The maximum Gasteiger partial charge on any atom is 2.00 e. The summed E-state index contributed by atoms with van der Waals surface area (Å²) in [6.07, 6.45) is 25.6. The van der Waals surface area contributed by atoms with Crippen LogP contribution >= 0.6 is 0 Å². The molecule has 12 nitrogen and oxygen atoms in total. The summed E-state index contributed by atoms with van der Waals surface area (Å²) >= 11 is 0. The molecule has 0 atom stereocenters. The molecule has 1 amide bonds. The normalized spacial score (nSPS) is 24.6. The van der Waals surface area contributed by atoms with Gasteiger partial charge in [-0.25, -0.2) is 4.79 Å². The van der Waals surface area contributed by atoms with E-state index in [-0.39, 0.29) is 91.6 Å².